The van der Waals surface area contributed by atoms with Gasteiger partial charge in [-0.3, -0.25) is 4.79 Å². The molecule has 5 nitrogen and oxygen atoms in total. The number of benzene rings is 1. The van der Waals surface area contributed by atoms with Crippen LogP contribution in [0.5, 0.6) is 0 Å². The summed E-state index contributed by atoms with van der Waals surface area (Å²) < 4.78 is 2.38. The summed E-state index contributed by atoms with van der Waals surface area (Å²) in [5.74, 6) is 0.608. The number of aromatic nitrogens is 4. The molecule has 3 rings (SSSR count). The minimum atomic E-state index is -0.125. The zero-order chi connectivity index (χ0) is 16.1. The van der Waals surface area contributed by atoms with Crippen molar-refractivity contribution in [2.45, 2.75) is 33.1 Å². The maximum atomic E-state index is 12.8. The molecule has 0 spiro atoms. The average molecular weight is 379 g/mol. The van der Waals surface area contributed by atoms with Crippen LogP contribution in [0.15, 0.2) is 27.5 Å². The molecule has 0 aliphatic heterocycles. The molecule has 0 saturated heterocycles. The van der Waals surface area contributed by atoms with Crippen molar-refractivity contribution >= 4 is 38.2 Å². The smallest absolute Gasteiger partial charge is 0.267 e. The third kappa shape index (κ3) is 2.59. The van der Waals surface area contributed by atoms with Crippen molar-refractivity contribution in [3.63, 3.8) is 0 Å². The molecule has 0 aliphatic carbocycles. The van der Waals surface area contributed by atoms with Crippen molar-refractivity contribution in [2.75, 3.05) is 0 Å². The summed E-state index contributed by atoms with van der Waals surface area (Å²) in [5.41, 5.74) is 0.462. The van der Waals surface area contributed by atoms with Gasteiger partial charge in [0.1, 0.15) is 10.8 Å². The Balaban J connectivity index is 2.27. The highest BCUT2D eigenvalue weighted by Crippen LogP contribution is 2.27. The molecule has 7 heteroatoms. The van der Waals surface area contributed by atoms with E-state index in [2.05, 4.69) is 51.9 Å². The molecule has 22 heavy (non-hydrogen) atoms. The van der Waals surface area contributed by atoms with Crippen molar-refractivity contribution in [3.8, 4) is 5.13 Å². The lowest BCUT2D eigenvalue weighted by Crippen LogP contribution is -2.22. The first-order chi connectivity index (χ1) is 10.3. The van der Waals surface area contributed by atoms with Gasteiger partial charge in [0.2, 0.25) is 5.13 Å². The average Bonchev–Trinajstić information content (AvgIpc) is 2.89. The first-order valence-electron chi connectivity index (χ1n) is 6.80. The van der Waals surface area contributed by atoms with Gasteiger partial charge in [0.05, 0.1) is 10.9 Å². The van der Waals surface area contributed by atoms with Gasteiger partial charge < -0.3 is 0 Å². The predicted molar refractivity (Wildman–Crippen MR) is 91.9 cm³/mol. The molecule has 0 unspecified atom stereocenters. The molecule has 2 heterocycles. The van der Waals surface area contributed by atoms with Gasteiger partial charge in [0.15, 0.2) is 0 Å². The Labute approximate surface area is 140 Å². The molecule has 0 amide bonds. The highest BCUT2D eigenvalue weighted by atomic mass is 79.9. The normalized spacial score (nSPS) is 12.0. The second-order valence-electron chi connectivity index (χ2n) is 6.10. The Kier molecular flexibility index (Phi) is 3.65. The molecule has 0 atom stereocenters. The molecule has 0 fully saturated rings. The summed E-state index contributed by atoms with van der Waals surface area (Å²) in [7, 11) is 0. The van der Waals surface area contributed by atoms with Crippen LogP contribution in [0.2, 0.25) is 0 Å². The molecule has 3 aromatic rings. The molecule has 2 aromatic heterocycles. The van der Waals surface area contributed by atoms with E-state index in [1.54, 1.807) is 13.0 Å². The maximum absolute atomic E-state index is 12.8. The van der Waals surface area contributed by atoms with E-state index in [-0.39, 0.29) is 11.0 Å². The zero-order valence-electron chi connectivity index (χ0n) is 12.7. The Hall–Kier alpha value is -1.60. The zero-order valence-corrected chi connectivity index (χ0v) is 15.1. The third-order valence-corrected chi connectivity index (χ3v) is 5.07. The van der Waals surface area contributed by atoms with E-state index in [1.807, 2.05) is 12.1 Å². The van der Waals surface area contributed by atoms with Gasteiger partial charge >= 0.3 is 0 Å². The van der Waals surface area contributed by atoms with Crippen LogP contribution in [0.4, 0.5) is 0 Å². The van der Waals surface area contributed by atoms with Crippen molar-refractivity contribution < 1.29 is 0 Å². The second-order valence-corrected chi connectivity index (χ2v) is 7.97. The Bertz CT molecular complexity index is 923. The van der Waals surface area contributed by atoms with Gasteiger partial charge in [-0.15, -0.1) is 10.2 Å². The number of nitrogens with zero attached hydrogens (tertiary/aromatic N) is 4. The van der Waals surface area contributed by atoms with E-state index in [9.17, 15) is 4.79 Å². The summed E-state index contributed by atoms with van der Waals surface area (Å²) in [4.78, 5) is 17.3. The van der Waals surface area contributed by atoms with E-state index >= 15 is 0 Å². The molecule has 0 saturated carbocycles. The lowest BCUT2D eigenvalue weighted by atomic mass is 9.98. The molecular weight excluding hydrogens is 364 g/mol. The summed E-state index contributed by atoms with van der Waals surface area (Å²) in [6.45, 7) is 8.02. The fourth-order valence-corrected chi connectivity index (χ4v) is 3.41. The first-order valence-corrected chi connectivity index (χ1v) is 8.41. The summed E-state index contributed by atoms with van der Waals surface area (Å²) in [6.07, 6.45) is 0. The lowest BCUT2D eigenvalue weighted by molar-refractivity contribution is 0.578. The van der Waals surface area contributed by atoms with Crippen molar-refractivity contribution in [2.24, 2.45) is 0 Å². The molecular formula is C15H15BrN4OS. The van der Waals surface area contributed by atoms with Crippen LogP contribution >= 0.6 is 27.3 Å². The minimum absolute atomic E-state index is 0.0965. The van der Waals surface area contributed by atoms with Crippen molar-refractivity contribution in [1.82, 2.24) is 19.7 Å². The summed E-state index contributed by atoms with van der Waals surface area (Å²) >= 11 is 4.82. The standard InChI is InChI=1S/C15H15BrN4OS/c1-8-17-11-6-5-9(16)7-10(11)12(21)20(8)14-19-18-13(22-14)15(2,3)4/h5-7H,1-4H3. The number of aryl methyl sites for hydroxylation is 1. The van der Waals surface area contributed by atoms with Crippen LogP contribution in [0, 0.1) is 6.92 Å². The second kappa shape index (κ2) is 5.24. The van der Waals surface area contributed by atoms with Crippen molar-refractivity contribution in [3.05, 3.63) is 43.9 Å². The molecule has 0 radical (unpaired) electrons. The maximum Gasteiger partial charge on any atom is 0.267 e. The monoisotopic (exact) mass is 378 g/mol. The Morgan fingerprint density at radius 2 is 1.95 bits per heavy atom. The molecule has 1 aromatic carbocycles. The van der Waals surface area contributed by atoms with E-state index in [1.165, 1.54) is 15.9 Å². The number of hydrogen-bond donors (Lipinski definition) is 0. The SMILES string of the molecule is Cc1nc2ccc(Br)cc2c(=O)n1-c1nnc(C(C)(C)C)s1. The Morgan fingerprint density at radius 1 is 1.23 bits per heavy atom. The molecule has 0 aliphatic rings. The lowest BCUT2D eigenvalue weighted by Gasteiger charge is -2.12. The topological polar surface area (TPSA) is 60.7 Å². The number of fused-ring (bicyclic) bond motifs is 1. The largest absolute Gasteiger partial charge is 0.268 e. The molecule has 0 bridgehead atoms. The van der Waals surface area contributed by atoms with Crippen LogP contribution < -0.4 is 5.56 Å². The summed E-state index contributed by atoms with van der Waals surface area (Å²) in [6, 6.07) is 5.49. The molecule has 114 valence electrons. The van der Waals surface area contributed by atoms with E-state index in [0.29, 0.717) is 21.9 Å². The highest BCUT2D eigenvalue weighted by Gasteiger charge is 2.21. The van der Waals surface area contributed by atoms with Gasteiger partial charge in [-0.25, -0.2) is 9.55 Å². The first kappa shape index (κ1) is 15.3. The summed E-state index contributed by atoms with van der Waals surface area (Å²) in [5, 5.41) is 10.4. The van der Waals surface area contributed by atoms with Gasteiger partial charge in [-0.05, 0) is 25.1 Å². The highest BCUT2D eigenvalue weighted by molar-refractivity contribution is 9.10. The number of rotatable bonds is 1. The van der Waals surface area contributed by atoms with Gasteiger partial charge in [-0.2, -0.15) is 0 Å². The van der Waals surface area contributed by atoms with Crippen LogP contribution in [-0.2, 0) is 5.41 Å². The van der Waals surface area contributed by atoms with Gasteiger partial charge in [0.25, 0.3) is 5.56 Å². The predicted octanol–water partition coefficient (Wildman–Crippen LogP) is 3.61. The van der Waals surface area contributed by atoms with Crippen LogP contribution in [-0.4, -0.2) is 19.7 Å². The van der Waals surface area contributed by atoms with Gasteiger partial charge in [0, 0.05) is 9.89 Å². The number of hydrogen-bond acceptors (Lipinski definition) is 5. The quantitative estimate of drug-likeness (QED) is 0.648. The third-order valence-electron chi connectivity index (χ3n) is 3.25. The van der Waals surface area contributed by atoms with E-state index in [0.717, 1.165) is 9.48 Å². The minimum Gasteiger partial charge on any atom is -0.268 e. The van der Waals surface area contributed by atoms with Crippen molar-refractivity contribution in [1.29, 1.82) is 0 Å². The van der Waals surface area contributed by atoms with Crippen LogP contribution in [0.25, 0.3) is 16.0 Å². The van der Waals surface area contributed by atoms with E-state index in [4.69, 9.17) is 0 Å². The van der Waals surface area contributed by atoms with Gasteiger partial charge in [-0.1, -0.05) is 48.0 Å². The van der Waals surface area contributed by atoms with Crippen LogP contribution in [0.3, 0.4) is 0 Å². The number of halogens is 1. The van der Waals surface area contributed by atoms with Crippen LogP contribution in [0.1, 0.15) is 31.6 Å². The van der Waals surface area contributed by atoms with E-state index < -0.39 is 0 Å². The fraction of sp³-hybridized carbons (Fsp3) is 0.333. The fourth-order valence-electron chi connectivity index (χ4n) is 2.10. The Morgan fingerprint density at radius 3 is 2.59 bits per heavy atom. The molecule has 0 N–H and O–H groups in total.